The molecule has 3 aromatic rings. The predicted octanol–water partition coefficient (Wildman–Crippen LogP) is 3.59. The van der Waals surface area contributed by atoms with Crippen LogP contribution in [0.2, 0.25) is 5.02 Å². The van der Waals surface area contributed by atoms with Crippen molar-refractivity contribution in [3.8, 4) is 0 Å². The Morgan fingerprint density at radius 2 is 2.00 bits per heavy atom. The molecule has 9 heteroatoms. The third-order valence-electron chi connectivity index (χ3n) is 4.06. The van der Waals surface area contributed by atoms with E-state index in [2.05, 4.69) is 10.4 Å². The van der Waals surface area contributed by atoms with Crippen LogP contribution in [0.1, 0.15) is 21.5 Å². The van der Waals surface area contributed by atoms with E-state index in [0.29, 0.717) is 17.8 Å². The van der Waals surface area contributed by atoms with Crippen molar-refractivity contribution in [3.05, 3.63) is 76.6 Å². The second kappa shape index (κ2) is 8.55. The fraction of sp³-hybridized carbons (Fsp3) is 0.158. The van der Waals surface area contributed by atoms with Crippen molar-refractivity contribution in [2.75, 3.05) is 4.31 Å². The first-order chi connectivity index (χ1) is 13.3. The number of aryl methyl sites for hydroxylation is 2. The first-order valence-corrected chi connectivity index (χ1v) is 9.82. The molecule has 0 fully saturated rings. The molecule has 0 spiro atoms. The van der Waals surface area contributed by atoms with Gasteiger partial charge in [-0.3, -0.25) is 14.0 Å². The summed E-state index contributed by atoms with van der Waals surface area (Å²) in [6.07, 6.45) is 3.48. The quantitative estimate of drug-likeness (QED) is 0.599. The number of amides is 1. The Bertz CT molecular complexity index is 1020. The van der Waals surface area contributed by atoms with Gasteiger partial charge in [-0.05, 0) is 37.3 Å². The Morgan fingerprint density at radius 1 is 1.29 bits per heavy atom. The molecule has 2 aromatic carbocycles. The van der Waals surface area contributed by atoms with Gasteiger partial charge in [0.05, 0.1) is 22.6 Å². The molecule has 2 N–H and O–H groups in total. The molecular weight excluding hydrogens is 400 g/mol. The lowest BCUT2D eigenvalue weighted by Gasteiger charge is -2.22. The number of nitrogens with one attached hydrogen (secondary N) is 1. The summed E-state index contributed by atoms with van der Waals surface area (Å²) in [7, 11) is 1.80. The molecule has 146 valence electrons. The van der Waals surface area contributed by atoms with Crippen LogP contribution in [0, 0.1) is 6.92 Å². The SMILES string of the molecule is Cc1ccc(N(c2cc(C(=O)NCc3cnn(C)c3)ccc2Cl)S(=O)O)cc1. The number of anilines is 2. The van der Waals surface area contributed by atoms with Crippen LogP contribution >= 0.6 is 11.6 Å². The van der Waals surface area contributed by atoms with Gasteiger partial charge in [0, 0.05) is 30.9 Å². The summed E-state index contributed by atoms with van der Waals surface area (Å²) in [6, 6.07) is 11.7. The number of aromatic nitrogens is 2. The third kappa shape index (κ3) is 4.59. The maximum Gasteiger partial charge on any atom is 0.266 e. The molecule has 3 rings (SSSR count). The molecule has 0 saturated carbocycles. The van der Waals surface area contributed by atoms with Crippen LogP contribution in [0.4, 0.5) is 11.4 Å². The van der Waals surface area contributed by atoms with Gasteiger partial charge >= 0.3 is 0 Å². The molecule has 1 atom stereocenters. The minimum atomic E-state index is -2.37. The molecule has 0 aliphatic rings. The summed E-state index contributed by atoms with van der Waals surface area (Å²) in [4.78, 5) is 12.5. The van der Waals surface area contributed by atoms with Crippen molar-refractivity contribution in [2.24, 2.45) is 7.05 Å². The van der Waals surface area contributed by atoms with Crippen LogP contribution in [-0.4, -0.2) is 24.4 Å². The van der Waals surface area contributed by atoms with Gasteiger partial charge in [0.15, 0.2) is 0 Å². The Kier molecular flexibility index (Phi) is 6.13. The van der Waals surface area contributed by atoms with Gasteiger partial charge in [0.2, 0.25) is 0 Å². The summed E-state index contributed by atoms with van der Waals surface area (Å²) in [6.45, 7) is 2.24. The van der Waals surface area contributed by atoms with E-state index in [-0.39, 0.29) is 16.6 Å². The Labute approximate surface area is 170 Å². The fourth-order valence-corrected chi connectivity index (χ4v) is 3.52. The lowest BCUT2D eigenvalue weighted by atomic mass is 10.1. The van der Waals surface area contributed by atoms with Crippen molar-refractivity contribution < 1.29 is 13.6 Å². The number of nitrogens with zero attached hydrogens (tertiary/aromatic N) is 3. The Hall–Kier alpha value is -2.68. The third-order valence-corrected chi connectivity index (χ3v) is 5.10. The molecular formula is C19H19ClN4O3S. The number of halogens is 1. The zero-order chi connectivity index (χ0) is 20.3. The summed E-state index contributed by atoms with van der Waals surface area (Å²) in [5.74, 6) is -0.325. The predicted molar refractivity (Wildman–Crippen MR) is 110 cm³/mol. The van der Waals surface area contributed by atoms with Gasteiger partial charge in [-0.15, -0.1) is 0 Å². The number of carbonyl (C=O) groups excluding carboxylic acids is 1. The van der Waals surface area contributed by atoms with Gasteiger partial charge in [-0.25, -0.2) is 8.51 Å². The molecule has 0 bridgehead atoms. The van der Waals surface area contributed by atoms with E-state index in [0.717, 1.165) is 11.1 Å². The van der Waals surface area contributed by atoms with E-state index in [9.17, 15) is 13.6 Å². The monoisotopic (exact) mass is 418 g/mol. The van der Waals surface area contributed by atoms with Crippen LogP contribution in [-0.2, 0) is 24.9 Å². The molecule has 0 saturated heterocycles. The van der Waals surface area contributed by atoms with Gasteiger partial charge < -0.3 is 5.32 Å². The van der Waals surface area contributed by atoms with E-state index < -0.39 is 11.3 Å². The molecule has 0 radical (unpaired) electrons. The van der Waals surface area contributed by atoms with Crippen molar-refractivity contribution in [1.82, 2.24) is 15.1 Å². The molecule has 1 amide bonds. The summed E-state index contributed by atoms with van der Waals surface area (Å²) < 4.78 is 24.6. The van der Waals surface area contributed by atoms with Gasteiger partial charge in [0.25, 0.3) is 17.2 Å². The average molecular weight is 419 g/mol. The summed E-state index contributed by atoms with van der Waals surface area (Å²) in [5, 5.41) is 7.11. The highest BCUT2D eigenvalue weighted by Crippen LogP contribution is 2.34. The number of benzene rings is 2. The van der Waals surface area contributed by atoms with Gasteiger partial charge in [-0.2, -0.15) is 5.10 Å². The van der Waals surface area contributed by atoms with Gasteiger partial charge in [-0.1, -0.05) is 29.3 Å². The molecule has 0 aliphatic heterocycles. The highest BCUT2D eigenvalue weighted by atomic mass is 35.5. The van der Waals surface area contributed by atoms with Crippen LogP contribution in [0.25, 0.3) is 0 Å². The van der Waals surface area contributed by atoms with E-state index in [1.165, 1.54) is 16.4 Å². The van der Waals surface area contributed by atoms with Crippen molar-refractivity contribution >= 4 is 40.1 Å². The minimum absolute atomic E-state index is 0.256. The summed E-state index contributed by atoms with van der Waals surface area (Å²) in [5.41, 5.74) is 2.96. The molecule has 7 nitrogen and oxygen atoms in total. The van der Waals surface area contributed by atoms with E-state index >= 15 is 0 Å². The normalized spacial score (nSPS) is 11.9. The maximum absolute atomic E-state index is 12.5. The first-order valence-electron chi connectivity index (χ1n) is 8.38. The molecule has 0 aliphatic carbocycles. The van der Waals surface area contributed by atoms with Crippen LogP contribution in [0.5, 0.6) is 0 Å². The lowest BCUT2D eigenvalue weighted by Crippen LogP contribution is -2.24. The number of carbonyl (C=O) groups is 1. The topological polar surface area (TPSA) is 87.5 Å². The highest BCUT2D eigenvalue weighted by Gasteiger charge is 2.20. The van der Waals surface area contributed by atoms with Crippen molar-refractivity contribution in [3.63, 3.8) is 0 Å². The number of hydrogen-bond donors (Lipinski definition) is 2. The Morgan fingerprint density at radius 3 is 2.61 bits per heavy atom. The van der Waals surface area contributed by atoms with Crippen LogP contribution in [0.15, 0.2) is 54.9 Å². The van der Waals surface area contributed by atoms with Crippen LogP contribution in [0.3, 0.4) is 0 Å². The second-order valence-electron chi connectivity index (χ2n) is 6.23. The maximum atomic E-state index is 12.5. The zero-order valence-corrected chi connectivity index (χ0v) is 16.9. The van der Waals surface area contributed by atoms with Crippen LogP contribution < -0.4 is 9.62 Å². The lowest BCUT2D eigenvalue weighted by molar-refractivity contribution is 0.0951. The molecule has 1 unspecified atom stereocenters. The highest BCUT2D eigenvalue weighted by molar-refractivity contribution is 7.81. The van der Waals surface area contributed by atoms with E-state index in [1.54, 1.807) is 36.1 Å². The van der Waals surface area contributed by atoms with E-state index in [1.807, 2.05) is 25.3 Å². The minimum Gasteiger partial charge on any atom is -0.348 e. The Balaban J connectivity index is 1.87. The fourth-order valence-electron chi connectivity index (χ4n) is 2.65. The second-order valence-corrected chi connectivity index (χ2v) is 7.47. The van der Waals surface area contributed by atoms with E-state index in [4.69, 9.17) is 11.6 Å². The number of rotatable bonds is 6. The molecule has 1 heterocycles. The smallest absolute Gasteiger partial charge is 0.266 e. The molecule has 1 aromatic heterocycles. The summed E-state index contributed by atoms with van der Waals surface area (Å²) >= 11 is 3.90. The van der Waals surface area contributed by atoms with Crippen molar-refractivity contribution in [2.45, 2.75) is 13.5 Å². The number of hydrogen-bond acceptors (Lipinski definition) is 3. The average Bonchev–Trinajstić information content (AvgIpc) is 3.08. The zero-order valence-electron chi connectivity index (χ0n) is 15.3. The largest absolute Gasteiger partial charge is 0.348 e. The van der Waals surface area contributed by atoms with Gasteiger partial charge in [0.1, 0.15) is 0 Å². The standard InChI is InChI=1S/C19H19ClN4O3S/c1-13-3-6-16(7-4-13)24(28(26)27)18-9-15(5-8-17(18)20)19(25)21-10-14-11-22-23(2)12-14/h3-9,11-12H,10H2,1-2H3,(H,21,25)(H,26,27). The molecule has 28 heavy (non-hydrogen) atoms. The first kappa shape index (κ1) is 20.1. The van der Waals surface area contributed by atoms with Crippen molar-refractivity contribution in [1.29, 1.82) is 0 Å².